The molecule has 3 aromatic rings. The Morgan fingerprint density at radius 1 is 0.969 bits per heavy atom. The molecule has 0 saturated carbocycles. The molecule has 32 heavy (non-hydrogen) atoms. The van der Waals surface area contributed by atoms with Crippen LogP contribution in [0.3, 0.4) is 0 Å². The van der Waals surface area contributed by atoms with Crippen molar-refractivity contribution in [2.45, 2.75) is 0 Å². The highest BCUT2D eigenvalue weighted by molar-refractivity contribution is 6.10. The van der Waals surface area contributed by atoms with Crippen LogP contribution in [0.4, 0.5) is 21.9 Å². The van der Waals surface area contributed by atoms with E-state index in [1.54, 1.807) is 12.1 Å². The molecule has 4 rings (SSSR count). The number of benzene rings is 3. The highest BCUT2D eigenvalue weighted by atomic mass is 16.6. The standard InChI is InChI=1S/C23H18N6O3/c30-23-27-16-26-22(25-15-24-18-11-13-20(14-12-18)29(31)32)21(17-7-3-1-4-8-17)28(23)19-9-5-2-6-10-19/h1-16H,(H,24,25)(H,26,27,30). The van der Waals surface area contributed by atoms with Gasteiger partial charge >= 0.3 is 6.03 Å². The third-order valence-corrected chi connectivity index (χ3v) is 4.57. The van der Waals surface area contributed by atoms with Crippen molar-refractivity contribution < 1.29 is 9.72 Å². The fraction of sp³-hybridized carbons (Fsp3) is 0. The molecule has 2 amide bonds. The lowest BCUT2D eigenvalue weighted by atomic mass is 10.1. The predicted molar refractivity (Wildman–Crippen MR) is 125 cm³/mol. The number of hydrogen-bond acceptors (Lipinski definition) is 5. The minimum absolute atomic E-state index is 0.00183. The van der Waals surface area contributed by atoms with Gasteiger partial charge in [-0.3, -0.25) is 20.3 Å². The molecule has 1 aliphatic rings. The molecule has 0 bridgehead atoms. The number of carbonyl (C=O) groups is 1. The van der Waals surface area contributed by atoms with E-state index in [-0.39, 0.29) is 11.7 Å². The largest absolute Gasteiger partial charge is 0.346 e. The predicted octanol–water partition coefficient (Wildman–Crippen LogP) is 4.62. The summed E-state index contributed by atoms with van der Waals surface area (Å²) in [6.45, 7) is 0. The lowest BCUT2D eigenvalue weighted by Gasteiger charge is -2.24. The summed E-state index contributed by atoms with van der Waals surface area (Å²) >= 11 is 0. The number of para-hydroxylation sites is 1. The topological polar surface area (TPSA) is 112 Å². The molecule has 0 radical (unpaired) electrons. The van der Waals surface area contributed by atoms with Crippen LogP contribution < -0.4 is 15.5 Å². The van der Waals surface area contributed by atoms with Crippen molar-refractivity contribution in [3.8, 4) is 0 Å². The van der Waals surface area contributed by atoms with Gasteiger partial charge in [0.1, 0.15) is 5.70 Å². The maximum absolute atomic E-state index is 12.9. The summed E-state index contributed by atoms with van der Waals surface area (Å²) < 4.78 is 0. The average molecular weight is 426 g/mol. The number of nitro benzene ring substituents is 1. The van der Waals surface area contributed by atoms with Gasteiger partial charge in [-0.1, -0.05) is 48.5 Å². The molecule has 2 N–H and O–H groups in total. The second kappa shape index (κ2) is 9.35. The van der Waals surface area contributed by atoms with E-state index < -0.39 is 4.92 Å². The van der Waals surface area contributed by atoms with E-state index in [0.717, 1.165) is 5.56 Å². The van der Waals surface area contributed by atoms with Crippen molar-refractivity contribution in [3.05, 3.63) is 106 Å². The maximum Gasteiger partial charge on any atom is 0.331 e. The van der Waals surface area contributed by atoms with E-state index in [9.17, 15) is 14.9 Å². The normalized spacial score (nSPS) is 13.8. The van der Waals surface area contributed by atoms with E-state index in [4.69, 9.17) is 0 Å². The highest BCUT2D eigenvalue weighted by Crippen LogP contribution is 2.31. The van der Waals surface area contributed by atoms with Gasteiger partial charge < -0.3 is 5.32 Å². The Morgan fingerprint density at radius 2 is 1.62 bits per heavy atom. The Hall–Kier alpha value is -4.79. The fourth-order valence-electron chi connectivity index (χ4n) is 3.10. The average Bonchev–Trinajstić information content (AvgIpc) is 2.99. The van der Waals surface area contributed by atoms with Crippen molar-refractivity contribution >= 4 is 41.5 Å². The number of anilines is 2. The van der Waals surface area contributed by atoms with Crippen molar-refractivity contribution in [2.24, 2.45) is 9.98 Å². The number of nitro groups is 1. The van der Waals surface area contributed by atoms with Crippen LogP contribution in [0.5, 0.6) is 0 Å². The number of amides is 2. The van der Waals surface area contributed by atoms with Crippen LogP contribution in [-0.2, 0) is 0 Å². The first-order valence-corrected chi connectivity index (χ1v) is 9.65. The highest BCUT2D eigenvalue weighted by Gasteiger charge is 2.26. The zero-order chi connectivity index (χ0) is 22.3. The van der Waals surface area contributed by atoms with Crippen LogP contribution >= 0.6 is 0 Å². The number of nitrogens with zero attached hydrogens (tertiary/aromatic N) is 4. The number of hydrogen-bond donors (Lipinski definition) is 2. The first-order chi connectivity index (χ1) is 15.6. The van der Waals surface area contributed by atoms with Gasteiger partial charge in [0, 0.05) is 23.4 Å². The lowest BCUT2D eigenvalue weighted by molar-refractivity contribution is -0.384. The van der Waals surface area contributed by atoms with Gasteiger partial charge in [-0.2, -0.15) is 0 Å². The molecule has 9 heteroatoms. The molecule has 9 nitrogen and oxygen atoms in total. The van der Waals surface area contributed by atoms with Gasteiger partial charge in [0.05, 0.1) is 23.3 Å². The molecule has 1 aliphatic heterocycles. The van der Waals surface area contributed by atoms with Crippen LogP contribution in [0.2, 0.25) is 0 Å². The third kappa shape index (κ3) is 4.51. The van der Waals surface area contributed by atoms with Gasteiger partial charge in [-0.15, -0.1) is 0 Å². The summed E-state index contributed by atoms with van der Waals surface area (Å²) in [4.78, 5) is 33.5. The summed E-state index contributed by atoms with van der Waals surface area (Å²) in [7, 11) is 0. The molecule has 0 spiro atoms. The Balaban J connectivity index is 1.73. The van der Waals surface area contributed by atoms with Crippen LogP contribution in [0.1, 0.15) is 5.56 Å². The number of aliphatic imine (C=N–C) groups is 2. The lowest BCUT2D eigenvalue weighted by Crippen LogP contribution is -2.37. The van der Waals surface area contributed by atoms with E-state index >= 15 is 0 Å². The van der Waals surface area contributed by atoms with E-state index in [1.165, 1.54) is 29.7 Å². The SMILES string of the molecule is O=C1NC=NC(/N=C/Nc2ccc([N+](=O)[O-])cc2)=C(c2ccccc2)N1c1ccccc1. The maximum atomic E-state index is 12.9. The smallest absolute Gasteiger partial charge is 0.331 e. The van der Waals surface area contributed by atoms with E-state index in [0.29, 0.717) is 22.9 Å². The Bertz CT molecular complexity index is 1210. The molecule has 158 valence electrons. The summed E-state index contributed by atoms with van der Waals surface area (Å²) in [6.07, 6.45) is 2.72. The molecule has 0 fully saturated rings. The first-order valence-electron chi connectivity index (χ1n) is 9.65. The summed E-state index contributed by atoms with van der Waals surface area (Å²) in [5.41, 5.74) is 2.54. The Labute approximate surface area is 183 Å². The molecule has 0 aromatic heterocycles. The van der Waals surface area contributed by atoms with Crippen molar-refractivity contribution in [3.63, 3.8) is 0 Å². The molecule has 1 heterocycles. The third-order valence-electron chi connectivity index (χ3n) is 4.57. The molecule has 0 saturated heterocycles. The van der Waals surface area contributed by atoms with Gasteiger partial charge in [0.2, 0.25) is 0 Å². The monoisotopic (exact) mass is 426 g/mol. The first kappa shape index (κ1) is 20.5. The number of rotatable bonds is 6. The Morgan fingerprint density at radius 3 is 2.28 bits per heavy atom. The second-order valence-electron chi connectivity index (χ2n) is 6.62. The van der Waals surface area contributed by atoms with Gasteiger partial charge in [0.25, 0.3) is 5.69 Å². The summed E-state index contributed by atoms with van der Waals surface area (Å²) in [6, 6.07) is 24.2. The van der Waals surface area contributed by atoms with Crippen LogP contribution in [0.25, 0.3) is 5.70 Å². The Kier molecular flexibility index (Phi) is 5.98. The van der Waals surface area contributed by atoms with Gasteiger partial charge in [-0.05, 0) is 24.3 Å². The van der Waals surface area contributed by atoms with E-state index in [1.807, 2.05) is 60.7 Å². The zero-order valence-corrected chi connectivity index (χ0v) is 16.8. The molecular formula is C23H18N6O3. The molecular weight excluding hydrogens is 408 g/mol. The van der Waals surface area contributed by atoms with Crippen molar-refractivity contribution in [1.29, 1.82) is 0 Å². The zero-order valence-electron chi connectivity index (χ0n) is 16.8. The van der Waals surface area contributed by atoms with Crippen LogP contribution in [-0.4, -0.2) is 23.6 Å². The van der Waals surface area contributed by atoms with Crippen molar-refractivity contribution in [2.75, 3.05) is 10.2 Å². The number of non-ortho nitro benzene ring substituents is 1. The number of nitrogens with one attached hydrogen (secondary N) is 2. The summed E-state index contributed by atoms with van der Waals surface area (Å²) in [5.74, 6) is 0.299. The van der Waals surface area contributed by atoms with Gasteiger partial charge in [0.15, 0.2) is 5.82 Å². The summed E-state index contributed by atoms with van der Waals surface area (Å²) in [5, 5.41) is 16.4. The second-order valence-corrected chi connectivity index (χ2v) is 6.62. The molecule has 0 aliphatic carbocycles. The molecule has 3 aromatic carbocycles. The van der Waals surface area contributed by atoms with Gasteiger partial charge in [-0.25, -0.2) is 14.8 Å². The van der Waals surface area contributed by atoms with E-state index in [2.05, 4.69) is 20.6 Å². The number of carbonyl (C=O) groups excluding carboxylic acids is 1. The van der Waals surface area contributed by atoms with Crippen LogP contribution in [0, 0.1) is 10.1 Å². The minimum Gasteiger partial charge on any atom is -0.346 e. The molecule has 0 atom stereocenters. The molecule has 0 unspecified atom stereocenters. The number of urea groups is 1. The minimum atomic E-state index is -0.461. The van der Waals surface area contributed by atoms with Crippen molar-refractivity contribution in [1.82, 2.24) is 5.32 Å². The quantitative estimate of drug-likeness (QED) is 0.259. The fourth-order valence-corrected chi connectivity index (χ4v) is 3.10. The van der Waals surface area contributed by atoms with Crippen LogP contribution in [0.15, 0.2) is 101 Å².